The Balaban J connectivity index is 1.14. The van der Waals surface area contributed by atoms with E-state index >= 15 is 0 Å². The molecule has 0 spiro atoms. The average molecular weight is 419 g/mol. The fourth-order valence-corrected chi connectivity index (χ4v) is 6.76. The van der Waals surface area contributed by atoms with Crippen molar-refractivity contribution < 1.29 is 14.3 Å². The lowest BCUT2D eigenvalue weighted by Crippen LogP contribution is -2.37. The van der Waals surface area contributed by atoms with Crippen molar-refractivity contribution in [1.29, 1.82) is 0 Å². The van der Waals surface area contributed by atoms with Crippen LogP contribution in [-0.4, -0.2) is 30.2 Å². The first kappa shape index (κ1) is 22.8. The van der Waals surface area contributed by atoms with Crippen LogP contribution < -0.4 is 0 Å². The summed E-state index contributed by atoms with van der Waals surface area (Å²) in [5, 5.41) is 0. The predicted octanol–water partition coefficient (Wildman–Crippen LogP) is 6.86. The van der Waals surface area contributed by atoms with Gasteiger partial charge in [-0.1, -0.05) is 39.5 Å². The van der Waals surface area contributed by atoms with Gasteiger partial charge in [0.2, 0.25) is 0 Å². The van der Waals surface area contributed by atoms with E-state index in [4.69, 9.17) is 9.47 Å². The van der Waals surface area contributed by atoms with Gasteiger partial charge in [0.1, 0.15) is 5.78 Å². The molecule has 4 saturated carbocycles. The van der Waals surface area contributed by atoms with Crippen molar-refractivity contribution in [2.45, 2.75) is 141 Å². The summed E-state index contributed by atoms with van der Waals surface area (Å²) in [6, 6.07) is 0. The number of Topliss-reactive ketones (excluding diaryl/α,β-unsaturated/α-hetero) is 1. The van der Waals surface area contributed by atoms with Gasteiger partial charge in [-0.05, 0) is 88.9 Å². The summed E-state index contributed by atoms with van der Waals surface area (Å²) in [5.41, 5.74) is 0. The van der Waals surface area contributed by atoms with Crippen LogP contribution in [0.5, 0.6) is 0 Å². The highest BCUT2D eigenvalue weighted by molar-refractivity contribution is 5.83. The van der Waals surface area contributed by atoms with E-state index in [1.54, 1.807) is 0 Å². The van der Waals surface area contributed by atoms with Crippen LogP contribution >= 0.6 is 0 Å². The number of hydrogen-bond acceptors (Lipinski definition) is 3. The van der Waals surface area contributed by atoms with Crippen molar-refractivity contribution in [2.75, 3.05) is 0 Å². The maximum absolute atomic E-state index is 13.2. The molecule has 0 aliphatic heterocycles. The molecule has 30 heavy (non-hydrogen) atoms. The van der Waals surface area contributed by atoms with Crippen LogP contribution in [0.2, 0.25) is 0 Å². The fraction of sp³-hybridized carbons (Fsp3) is 0.963. The molecular formula is C27H46O3. The Morgan fingerprint density at radius 2 is 1.10 bits per heavy atom. The molecule has 0 amide bonds. The molecule has 4 fully saturated rings. The minimum Gasteiger partial charge on any atom is -0.375 e. The molecule has 3 heteroatoms. The third-order valence-corrected chi connectivity index (χ3v) is 8.84. The van der Waals surface area contributed by atoms with Gasteiger partial charge in [0.15, 0.2) is 0 Å². The smallest absolute Gasteiger partial charge is 0.139 e. The van der Waals surface area contributed by atoms with Crippen molar-refractivity contribution in [3.8, 4) is 0 Å². The first-order valence-corrected chi connectivity index (χ1v) is 13.4. The molecular weight excluding hydrogens is 372 g/mol. The normalized spacial score (nSPS) is 41.5. The minimum atomic E-state index is 0.308. The summed E-state index contributed by atoms with van der Waals surface area (Å²) in [5.74, 6) is 2.55. The van der Waals surface area contributed by atoms with Gasteiger partial charge >= 0.3 is 0 Å². The molecule has 0 bridgehead atoms. The Hall–Kier alpha value is -0.410. The zero-order valence-electron chi connectivity index (χ0n) is 19.7. The van der Waals surface area contributed by atoms with E-state index in [0.29, 0.717) is 48.0 Å². The van der Waals surface area contributed by atoms with Crippen LogP contribution in [0.3, 0.4) is 0 Å². The zero-order valence-corrected chi connectivity index (χ0v) is 19.7. The van der Waals surface area contributed by atoms with E-state index in [1.165, 1.54) is 57.8 Å². The summed E-state index contributed by atoms with van der Waals surface area (Å²) in [4.78, 5) is 13.2. The molecule has 0 aromatic carbocycles. The minimum absolute atomic E-state index is 0.308. The Morgan fingerprint density at radius 3 is 1.67 bits per heavy atom. The van der Waals surface area contributed by atoms with E-state index in [-0.39, 0.29) is 0 Å². The fourth-order valence-electron chi connectivity index (χ4n) is 6.76. The van der Waals surface area contributed by atoms with E-state index in [1.807, 2.05) is 0 Å². The average Bonchev–Trinajstić information content (AvgIpc) is 2.77. The lowest BCUT2D eigenvalue weighted by molar-refractivity contribution is -0.133. The molecule has 0 aromatic heterocycles. The summed E-state index contributed by atoms with van der Waals surface area (Å²) in [6.45, 7) is 4.63. The highest BCUT2D eigenvalue weighted by atomic mass is 16.5. The Morgan fingerprint density at radius 1 is 0.600 bits per heavy atom. The van der Waals surface area contributed by atoms with Gasteiger partial charge in [-0.15, -0.1) is 0 Å². The van der Waals surface area contributed by atoms with Gasteiger partial charge in [0, 0.05) is 11.8 Å². The second-order valence-electron chi connectivity index (χ2n) is 11.3. The van der Waals surface area contributed by atoms with Crippen molar-refractivity contribution >= 4 is 5.78 Å². The predicted molar refractivity (Wildman–Crippen MR) is 122 cm³/mol. The summed E-state index contributed by atoms with van der Waals surface area (Å²) >= 11 is 0. The molecule has 4 aliphatic rings. The highest BCUT2D eigenvalue weighted by Crippen LogP contribution is 2.39. The largest absolute Gasteiger partial charge is 0.375 e. The van der Waals surface area contributed by atoms with Gasteiger partial charge in [-0.3, -0.25) is 4.79 Å². The molecule has 172 valence electrons. The topological polar surface area (TPSA) is 35.5 Å². The first-order chi connectivity index (χ1) is 14.6. The van der Waals surface area contributed by atoms with E-state index in [0.717, 1.165) is 50.9 Å². The third kappa shape index (κ3) is 6.09. The van der Waals surface area contributed by atoms with Gasteiger partial charge in [-0.25, -0.2) is 0 Å². The summed E-state index contributed by atoms with van der Waals surface area (Å²) in [7, 11) is 0. The Bertz CT molecular complexity index is 524. The number of hydrogen-bond donors (Lipinski definition) is 0. The maximum Gasteiger partial charge on any atom is 0.139 e. The van der Waals surface area contributed by atoms with Crippen molar-refractivity contribution in [3.05, 3.63) is 0 Å². The van der Waals surface area contributed by atoms with Crippen molar-refractivity contribution in [3.63, 3.8) is 0 Å². The van der Waals surface area contributed by atoms with E-state index in [9.17, 15) is 4.79 Å². The van der Waals surface area contributed by atoms with Crippen LogP contribution in [0, 0.1) is 23.7 Å². The second kappa shape index (κ2) is 10.9. The van der Waals surface area contributed by atoms with Crippen LogP contribution in [-0.2, 0) is 14.3 Å². The van der Waals surface area contributed by atoms with Crippen LogP contribution in [0.15, 0.2) is 0 Å². The molecule has 0 N–H and O–H groups in total. The summed E-state index contributed by atoms with van der Waals surface area (Å²) in [6.07, 6.45) is 21.1. The molecule has 4 rings (SSSR count). The molecule has 3 atom stereocenters. The molecule has 4 aliphatic carbocycles. The number of ether oxygens (including phenoxy) is 2. The molecule has 0 heterocycles. The lowest BCUT2D eigenvalue weighted by atomic mass is 9.69. The number of ketones is 1. The monoisotopic (exact) mass is 418 g/mol. The number of carbonyl (C=O) groups excluding carboxylic acids is 1. The highest BCUT2D eigenvalue weighted by Gasteiger charge is 2.37. The van der Waals surface area contributed by atoms with Crippen molar-refractivity contribution in [1.82, 2.24) is 0 Å². The van der Waals surface area contributed by atoms with Gasteiger partial charge < -0.3 is 9.47 Å². The first-order valence-electron chi connectivity index (χ1n) is 13.4. The van der Waals surface area contributed by atoms with Crippen LogP contribution in [0.25, 0.3) is 0 Å². The standard InChI is InChI=1S/C27H46O3/c1-19-8-9-20(2)26(18-19)27(28)21-10-12-23(13-11-21)30-25-16-14-24(15-17-25)29-22-6-4-3-5-7-22/h19-26H,3-18H2,1-2H3. The molecule has 0 saturated heterocycles. The van der Waals surface area contributed by atoms with Gasteiger partial charge in [0.05, 0.1) is 24.4 Å². The van der Waals surface area contributed by atoms with Crippen LogP contribution in [0.1, 0.15) is 117 Å². The lowest BCUT2D eigenvalue weighted by Gasteiger charge is -2.38. The maximum atomic E-state index is 13.2. The molecule has 0 aromatic rings. The zero-order chi connectivity index (χ0) is 20.9. The van der Waals surface area contributed by atoms with Gasteiger partial charge in [-0.2, -0.15) is 0 Å². The van der Waals surface area contributed by atoms with Crippen LogP contribution in [0.4, 0.5) is 0 Å². The molecule has 3 nitrogen and oxygen atoms in total. The Kier molecular flexibility index (Phi) is 8.31. The molecule has 3 unspecified atom stereocenters. The van der Waals surface area contributed by atoms with E-state index < -0.39 is 0 Å². The van der Waals surface area contributed by atoms with E-state index in [2.05, 4.69) is 13.8 Å². The quantitative estimate of drug-likeness (QED) is 0.472. The molecule has 0 radical (unpaired) electrons. The third-order valence-electron chi connectivity index (χ3n) is 8.84. The number of carbonyl (C=O) groups is 1. The SMILES string of the molecule is CC1CCC(C)C(C(=O)C2CCC(OC3CCC(OC4CCCCC4)CC3)CC2)C1. The van der Waals surface area contributed by atoms with Crippen molar-refractivity contribution in [2.24, 2.45) is 23.7 Å². The second-order valence-corrected chi connectivity index (χ2v) is 11.3. The number of rotatable bonds is 6. The summed E-state index contributed by atoms with van der Waals surface area (Å²) < 4.78 is 12.9. The Labute approximate surface area is 185 Å². The van der Waals surface area contributed by atoms with Gasteiger partial charge in [0.25, 0.3) is 0 Å².